The monoisotopic (exact) mass is 244 g/mol. The summed E-state index contributed by atoms with van der Waals surface area (Å²) in [7, 11) is 0. The zero-order valence-electron chi connectivity index (χ0n) is 9.48. The molecule has 0 amide bonds. The topological polar surface area (TPSA) is 74.6 Å². The fourth-order valence-corrected chi connectivity index (χ4v) is 1.24. The van der Waals surface area contributed by atoms with Crippen molar-refractivity contribution >= 4 is 11.9 Å². The number of rotatable bonds is 2. The van der Waals surface area contributed by atoms with Crippen molar-refractivity contribution in [3.8, 4) is 0 Å². The van der Waals surface area contributed by atoms with Crippen LogP contribution in [0.5, 0.6) is 0 Å². The predicted octanol–water partition coefficient (Wildman–Crippen LogP) is 2.77. The third kappa shape index (κ3) is 4.09. The van der Waals surface area contributed by atoms with E-state index < -0.39 is 11.9 Å². The van der Waals surface area contributed by atoms with E-state index in [1.54, 1.807) is 0 Å². The molecular formula is C14H12O4. The summed E-state index contributed by atoms with van der Waals surface area (Å²) in [6.07, 6.45) is 0. The van der Waals surface area contributed by atoms with Gasteiger partial charge in [-0.2, -0.15) is 0 Å². The average molecular weight is 244 g/mol. The predicted molar refractivity (Wildman–Crippen MR) is 66.8 cm³/mol. The van der Waals surface area contributed by atoms with Crippen LogP contribution in [0, 0.1) is 0 Å². The fraction of sp³-hybridized carbons (Fsp3) is 0. The Kier molecular flexibility index (Phi) is 5.12. The van der Waals surface area contributed by atoms with E-state index in [9.17, 15) is 9.59 Å². The van der Waals surface area contributed by atoms with Crippen LogP contribution in [0.1, 0.15) is 20.7 Å². The second-order valence-corrected chi connectivity index (χ2v) is 3.31. The highest BCUT2D eigenvalue weighted by molar-refractivity contribution is 6.01. The van der Waals surface area contributed by atoms with E-state index in [4.69, 9.17) is 10.2 Å². The van der Waals surface area contributed by atoms with Gasteiger partial charge in [-0.15, -0.1) is 0 Å². The first-order chi connectivity index (χ1) is 8.63. The maximum atomic E-state index is 10.5. The number of carboxylic acids is 2. The summed E-state index contributed by atoms with van der Waals surface area (Å²) in [6.45, 7) is 0. The molecule has 0 atom stereocenters. The van der Waals surface area contributed by atoms with Gasteiger partial charge in [0.2, 0.25) is 0 Å². The Morgan fingerprint density at radius 1 is 0.611 bits per heavy atom. The number of carbonyl (C=O) groups is 2. The molecule has 0 saturated heterocycles. The number of aromatic carboxylic acids is 2. The molecule has 2 aromatic carbocycles. The molecule has 0 aliphatic heterocycles. The van der Waals surface area contributed by atoms with Crippen molar-refractivity contribution in [2.45, 2.75) is 0 Å². The molecule has 4 heteroatoms. The fourth-order valence-electron chi connectivity index (χ4n) is 1.24. The average Bonchev–Trinajstić information content (AvgIpc) is 2.41. The van der Waals surface area contributed by atoms with Crippen molar-refractivity contribution in [1.82, 2.24) is 0 Å². The molecule has 2 rings (SSSR count). The minimum atomic E-state index is -1.23. The molecule has 0 radical (unpaired) electrons. The Labute approximate surface area is 104 Å². The molecule has 0 bridgehead atoms. The van der Waals surface area contributed by atoms with E-state index in [1.807, 2.05) is 36.4 Å². The van der Waals surface area contributed by atoms with Crippen LogP contribution >= 0.6 is 0 Å². The van der Waals surface area contributed by atoms with Gasteiger partial charge < -0.3 is 10.2 Å². The molecule has 0 spiro atoms. The SMILES string of the molecule is O=C(O)c1ccccc1C(=O)O.c1ccccc1. The molecule has 0 fully saturated rings. The van der Waals surface area contributed by atoms with Crippen molar-refractivity contribution in [3.05, 3.63) is 71.8 Å². The van der Waals surface area contributed by atoms with Gasteiger partial charge >= 0.3 is 11.9 Å². The van der Waals surface area contributed by atoms with Crippen molar-refractivity contribution in [1.29, 1.82) is 0 Å². The standard InChI is InChI=1S/C8H6O4.C6H6/c9-7(10)5-3-1-2-4-6(5)8(11)12;1-2-4-6-5-3-1/h1-4H,(H,9,10)(H,11,12);1-6H. The summed E-state index contributed by atoms with van der Waals surface area (Å²) < 4.78 is 0. The summed E-state index contributed by atoms with van der Waals surface area (Å²) >= 11 is 0. The number of benzene rings is 2. The smallest absolute Gasteiger partial charge is 0.336 e. The Morgan fingerprint density at radius 2 is 0.889 bits per heavy atom. The Bertz CT molecular complexity index is 461. The molecule has 92 valence electrons. The van der Waals surface area contributed by atoms with Gasteiger partial charge in [-0.1, -0.05) is 48.5 Å². The number of hydrogen-bond donors (Lipinski definition) is 2. The highest BCUT2D eigenvalue weighted by Gasteiger charge is 2.13. The second-order valence-electron chi connectivity index (χ2n) is 3.31. The Hall–Kier alpha value is -2.62. The lowest BCUT2D eigenvalue weighted by molar-refractivity contribution is 0.0651. The maximum Gasteiger partial charge on any atom is 0.336 e. The van der Waals surface area contributed by atoms with Crippen LogP contribution in [0.15, 0.2) is 60.7 Å². The Balaban J connectivity index is 0.000000225. The lowest BCUT2D eigenvalue weighted by Crippen LogP contribution is -2.06. The summed E-state index contributed by atoms with van der Waals surface area (Å²) in [6, 6.07) is 17.5. The molecule has 4 nitrogen and oxygen atoms in total. The van der Waals surface area contributed by atoms with Crippen LogP contribution in [0.4, 0.5) is 0 Å². The van der Waals surface area contributed by atoms with Gasteiger partial charge in [-0.05, 0) is 12.1 Å². The molecule has 2 N–H and O–H groups in total. The van der Waals surface area contributed by atoms with Crippen LogP contribution in [0.3, 0.4) is 0 Å². The largest absolute Gasteiger partial charge is 0.478 e. The van der Waals surface area contributed by atoms with E-state index in [-0.39, 0.29) is 11.1 Å². The van der Waals surface area contributed by atoms with E-state index in [0.29, 0.717) is 0 Å². The van der Waals surface area contributed by atoms with Crippen LogP contribution in [-0.4, -0.2) is 22.2 Å². The van der Waals surface area contributed by atoms with E-state index in [0.717, 1.165) is 0 Å². The van der Waals surface area contributed by atoms with Gasteiger partial charge in [0.15, 0.2) is 0 Å². The molecule has 18 heavy (non-hydrogen) atoms. The first-order valence-electron chi connectivity index (χ1n) is 5.18. The van der Waals surface area contributed by atoms with Crippen LogP contribution < -0.4 is 0 Å². The van der Waals surface area contributed by atoms with Gasteiger partial charge in [0, 0.05) is 0 Å². The van der Waals surface area contributed by atoms with Gasteiger partial charge in [0.05, 0.1) is 11.1 Å². The summed E-state index contributed by atoms with van der Waals surface area (Å²) in [5.41, 5.74) is -0.380. The third-order valence-corrected chi connectivity index (χ3v) is 2.05. The highest BCUT2D eigenvalue weighted by atomic mass is 16.4. The molecule has 0 aromatic heterocycles. The minimum Gasteiger partial charge on any atom is -0.478 e. The second kappa shape index (κ2) is 6.85. The van der Waals surface area contributed by atoms with E-state index in [2.05, 4.69) is 0 Å². The van der Waals surface area contributed by atoms with Gasteiger partial charge in [-0.25, -0.2) is 9.59 Å². The molecule has 0 heterocycles. The lowest BCUT2D eigenvalue weighted by Gasteiger charge is -1.98. The lowest BCUT2D eigenvalue weighted by atomic mass is 10.1. The molecule has 0 unspecified atom stereocenters. The number of carboxylic acid groups (broad SMARTS) is 2. The van der Waals surface area contributed by atoms with Crippen molar-refractivity contribution in [2.24, 2.45) is 0 Å². The van der Waals surface area contributed by atoms with Crippen molar-refractivity contribution in [2.75, 3.05) is 0 Å². The molecular weight excluding hydrogens is 232 g/mol. The highest BCUT2D eigenvalue weighted by Crippen LogP contribution is 2.07. The van der Waals surface area contributed by atoms with Crippen LogP contribution in [0.2, 0.25) is 0 Å². The molecule has 0 aliphatic rings. The first kappa shape index (κ1) is 13.4. The van der Waals surface area contributed by atoms with Crippen molar-refractivity contribution < 1.29 is 19.8 Å². The van der Waals surface area contributed by atoms with E-state index >= 15 is 0 Å². The number of hydrogen-bond acceptors (Lipinski definition) is 2. The first-order valence-corrected chi connectivity index (χ1v) is 5.18. The summed E-state index contributed by atoms with van der Waals surface area (Å²) in [4.78, 5) is 20.9. The molecule has 2 aromatic rings. The van der Waals surface area contributed by atoms with Gasteiger partial charge in [0.1, 0.15) is 0 Å². The third-order valence-electron chi connectivity index (χ3n) is 2.05. The quantitative estimate of drug-likeness (QED) is 0.851. The van der Waals surface area contributed by atoms with Crippen LogP contribution in [0.25, 0.3) is 0 Å². The Morgan fingerprint density at radius 3 is 1.11 bits per heavy atom. The zero-order chi connectivity index (χ0) is 13.4. The molecule has 0 saturated carbocycles. The van der Waals surface area contributed by atoms with Crippen LogP contribution in [-0.2, 0) is 0 Å². The normalized spacial score (nSPS) is 8.89. The summed E-state index contributed by atoms with van der Waals surface area (Å²) in [5.74, 6) is -2.46. The van der Waals surface area contributed by atoms with E-state index in [1.165, 1.54) is 24.3 Å². The van der Waals surface area contributed by atoms with Crippen molar-refractivity contribution in [3.63, 3.8) is 0 Å². The minimum absolute atomic E-state index is 0.190. The van der Waals surface area contributed by atoms with Gasteiger partial charge in [0.25, 0.3) is 0 Å². The molecule has 0 aliphatic carbocycles. The summed E-state index contributed by atoms with van der Waals surface area (Å²) in [5, 5.41) is 17.1. The van der Waals surface area contributed by atoms with Gasteiger partial charge in [-0.3, -0.25) is 0 Å². The maximum absolute atomic E-state index is 10.5. The zero-order valence-corrected chi connectivity index (χ0v) is 9.48.